The lowest BCUT2D eigenvalue weighted by molar-refractivity contribution is 0.183. The molecule has 3 nitrogen and oxygen atoms in total. The molecular weight excluding hydrogens is 232 g/mol. The zero-order valence-corrected chi connectivity index (χ0v) is 11.7. The first-order chi connectivity index (χ1) is 7.97. The summed E-state index contributed by atoms with van der Waals surface area (Å²) in [6.45, 7) is 4.85. The lowest BCUT2D eigenvalue weighted by Crippen LogP contribution is -2.32. The summed E-state index contributed by atoms with van der Waals surface area (Å²) in [4.78, 5) is 2.63. The molecule has 4 heteroatoms. The molecule has 1 aromatic carbocycles. The minimum absolute atomic E-state index is 0.329. The maximum absolute atomic E-state index is 5.65. The van der Waals surface area contributed by atoms with Crippen LogP contribution >= 0.6 is 12.2 Å². The Morgan fingerprint density at radius 1 is 1.53 bits per heavy atom. The van der Waals surface area contributed by atoms with Crippen molar-refractivity contribution in [3.05, 3.63) is 29.3 Å². The second-order valence-corrected chi connectivity index (χ2v) is 4.72. The van der Waals surface area contributed by atoms with Gasteiger partial charge in [0.1, 0.15) is 4.99 Å². The smallest absolute Gasteiger partial charge is 0.104 e. The van der Waals surface area contributed by atoms with Gasteiger partial charge in [0.05, 0.1) is 6.61 Å². The summed E-state index contributed by atoms with van der Waals surface area (Å²) in [6, 6.07) is 6.44. The van der Waals surface area contributed by atoms with Gasteiger partial charge in [-0.3, -0.25) is 0 Å². The Morgan fingerprint density at radius 3 is 2.65 bits per heavy atom. The minimum atomic E-state index is 0.329. The van der Waals surface area contributed by atoms with Crippen molar-refractivity contribution in [1.29, 1.82) is 0 Å². The Morgan fingerprint density at radius 2 is 2.18 bits per heavy atom. The van der Waals surface area contributed by atoms with Crippen LogP contribution < -0.4 is 10.6 Å². The van der Waals surface area contributed by atoms with Gasteiger partial charge in [0.2, 0.25) is 0 Å². The van der Waals surface area contributed by atoms with Crippen LogP contribution in [0.2, 0.25) is 0 Å². The maximum Gasteiger partial charge on any atom is 0.104 e. The zero-order valence-electron chi connectivity index (χ0n) is 10.9. The number of hydrogen-bond donors (Lipinski definition) is 1. The SMILES string of the molecule is COCC(C)N(C)c1ccc(C(N)=S)c(C)c1. The van der Waals surface area contributed by atoms with Crippen molar-refractivity contribution in [2.24, 2.45) is 5.73 Å². The van der Waals surface area contributed by atoms with Gasteiger partial charge >= 0.3 is 0 Å². The summed E-state index contributed by atoms with van der Waals surface area (Å²) in [5.74, 6) is 0. The van der Waals surface area contributed by atoms with Gasteiger partial charge < -0.3 is 15.4 Å². The molecule has 0 aromatic heterocycles. The molecule has 1 unspecified atom stereocenters. The van der Waals surface area contributed by atoms with Crippen LogP contribution in [0.15, 0.2) is 18.2 Å². The Labute approximate surface area is 109 Å². The number of aryl methyl sites for hydroxylation is 1. The van der Waals surface area contributed by atoms with Gasteiger partial charge in [0.15, 0.2) is 0 Å². The predicted octanol–water partition coefficient (Wildman–Crippen LogP) is 2.10. The fourth-order valence-corrected chi connectivity index (χ4v) is 1.98. The molecule has 17 heavy (non-hydrogen) atoms. The van der Waals surface area contributed by atoms with E-state index in [9.17, 15) is 0 Å². The van der Waals surface area contributed by atoms with Crippen molar-refractivity contribution < 1.29 is 4.74 Å². The van der Waals surface area contributed by atoms with Gasteiger partial charge in [0, 0.05) is 31.5 Å². The first kappa shape index (κ1) is 13.9. The third kappa shape index (κ3) is 3.41. The first-order valence-electron chi connectivity index (χ1n) is 5.59. The highest BCUT2D eigenvalue weighted by atomic mass is 32.1. The molecule has 0 heterocycles. The number of ether oxygens (including phenoxy) is 1. The molecule has 0 aliphatic rings. The normalized spacial score (nSPS) is 12.2. The fourth-order valence-electron chi connectivity index (χ4n) is 1.75. The second kappa shape index (κ2) is 5.98. The molecule has 1 atom stereocenters. The Kier molecular flexibility index (Phi) is 4.90. The number of hydrogen-bond acceptors (Lipinski definition) is 3. The van der Waals surface area contributed by atoms with Gasteiger partial charge in [-0.05, 0) is 37.6 Å². The lowest BCUT2D eigenvalue weighted by atomic mass is 10.1. The third-order valence-electron chi connectivity index (χ3n) is 2.95. The molecule has 94 valence electrons. The zero-order chi connectivity index (χ0) is 13.0. The average molecular weight is 252 g/mol. The molecule has 0 aliphatic heterocycles. The maximum atomic E-state index is 5.65. The molecule has 0 saturated carbocycles. The molecule has 1 aromatic rings. The highest BCUT2D eigenvalue weighted by Crippen LogP contribution is 2.20. The van der Waals surface area contributed by atoms with Crippen LogP contribution in [0.25, 0.3) is 0 Å². The van der Waals surface area contributed by atoms with Gasteiger partial charge in [-0.2, -0.15) is 0 Å². The number of thiocarbonyl (C=S) groups is 1. The van der Waals surface area contributed by atoms with Crippen LogP contribution in [0, 0.1) is 6.92 Å². The second-order valence-electron chi connectivity index (χ2n) is 4.28. The van der Waals surface area contributed by atoms with Crippen molar-refractivity contribution >= 4 is 22.9 Å². The largest absolute Gasteiger partial charge is 0.389 e. The topological polar surface area (TPSA) is 38.5 Å². The first-order valence-corrected chi connectivity index (χ1v) is 6.00. The lowest BCUT2D eigenvalue weighted by Gasteiger charge is -2.27. The van der Waals surface area contributed by atoms with E-state index in [2.05, 4.69) is 24.9 Å². The molecule has 0 bridgehead atoms. The Hall–Kier alpha value is -1.13. The molecule has 2 N–H and O–H groups in total. The van der Waals surface area contributed by atoms with E-state index in [1.165, 1.54) is 0 Å². The van der Waals surface area contributed by atoms with E-state index in [-0.39, 0.29) is 0 Å². The monoisotopic (exact) mass is 252 g/mol. The van der Waals surface area contributed by atoms with Gasteiger partial charge in [-0.25, -0.2) is 0 Å². The minimum Gasteiger partial charge on any atom is -0.389 e. The average Bonchev–Trinajstić information content (AvgIpc) is 2.27. The summed E-state index contributed by atoms with van der Waals surface area (Å²) >= 11 is 5.00. The summed E-state index contributed by atoms with van der Waals surface area (Å²) in [6.07, 6.45) is 0. The number of benzene rings is 1. The number of anilines is 1. The van der Waals surface area contributed by atoms with E-state index >= 15 is 0 Å². The Balaban J connectivity index is 2.93. The van der Waals surface area contributed by atoms with Gasteiger partial charge in [-0.1, -0.05) is 12.2 Å². The van der Waals surface area contributed by atoms with E-state index < -0.39 is 0 Å². The molecule has 0 fully saturated rings. The number of nitrogens with two attached hydrogens (primary N) is 1. The van der Waals surface area contributed by atoms with Crippen LogP contribution in [0.5, 0.6) is 0 Å². The van der Waals surface area contributed by atoms with E-state index in [4.69, 9.17) is 22.7 Å². The number of nitrogens with zero attached hydrogens (tertiary/aromatic N) is 1. The van der Waals surface area contributed by atoms with Gasteiger partial charge in [-0.15, -0.1) is 0 Å². The fraction of sp³-hybridized carbons (Fsp3) is 0.462. The molecule has 0 radical (unpaired) electrons. The number of likely N-dealkylation sites (N-methyl/N-ethyl adjacent to an activating group) is 1. The number of methoxy groups -OCH3 is 1. The number of rotatable bonds is 5. The molecule has 0 amide bonds. The molecule has 0 saturated heterocycles. The van der Waals surface area contributed by atoms with Crippen molar-refractivity contribution in [2.45, 2.75) is 19.9 Å². The molecule has 1 rings (SSSR count). The van der Waals surface area contributed by atoms with Crippen molar-refractivity contribution in [3.63, 3.8) is 0 Å². The highest BCUT2D eigenvalue weighted by molar-refractivity contribution is 7.80. The van der Waals surface area contributed by atoms with Crippen molar-refractivity contribution in [1.82, 2.24) is 0 Å². The van der Waals surface area contributed by atoms with Gasteiger partial charge in [0.25, 0.3) is 0 Å². The van der Waals surface area contributed by atoms with E-state index in [1.54, 1.807) is 7.11 Å². The van der Waals surface area contributed by atoms with Crippen LogP contribution in [-0.2, 0) is 4.74 Å². The summed E-state index contributed by atoms with van der Waals surface area (Å²) in [5, 5.41) is 0. The van der Waals surface area contributed by atoms with E-state index in [0.717, 1.165) is 16.8 Å². The molecular formula is C13H20N2OS. The quantitative estimate of drug-likeness (QED) is 0.815. The van der Waals surface area contributed by atoms with E-state index in [1.807, 2.05) is 19.1 Å². The summed E-state index contributed by atoms with van der Waals surface area (Å²) < 4.78 is 5.16. The summed E-state index contributed by atoms with van der Waals surface area (Å²) in [7, 11) is 3.77. The van der Waals surface area contributed by atoms with E-state index in [0.29, 0.717) is 17.6 Å². The molecule has 0 spiro atoms. The summed E-state index contributed by atoms with van der Waals surface area (Å²) in [5.41, 5.74) is 8.84. The molecule has 0 aliphatic carbocycles. The van der Waals surface area contributed by atoms with Crippen LogP contribution in [0.1, 0.15) is 18.1 Å². The third-order valence-corrected chi connectivity index (χ3v) is 3.17. The van der Waals surface area contributed by atoms with Crippen LogP contribution in [0.3, 0.4) is 0 Å². The van der Waals surface area contributed by atoms with Crippen molar-refractivity contribution in [2.75, 3.05) is 25.7 Å². The highest BCUT2D eigenvalue weighted by Gasteiger charge is 2.11. The van der Waals surface area contributed by atoms with Crippen LogP contribution in [-0.4, -0.2) is 31.8 Å². The van der Waals surface area contributed by atoms with Crippen molar-refractivity contribution in [3.8, 4) is 0 Å². The predicted molar refractivity (Wildman–Crippen MR) is 76.8 cm³/mol. The Bertz CT molecular complexity index is 406. The van der Waals surface area contributed by atoms with Crippen LogP contribution in [0.4, 0.5) is 5.69 Å². The standard InChI is InChI=1S/C13H20N2OS/c1-9-7-11(5-6-12(9)13(14)17)15(3)10(2)8-16-4/h5-7,10H,8H2,1-4H3,(H2,14,17).